The van der Waals surface area contributed by atoms with Crippen LogP contribution in [-0.4, -0.2) is 13.2 Å². The lowest BCUT2D eigenvalue weighted by molar-refractivity contribution is -0.295. The van der Waals surface area contributed by atoms with Crippen molar-refractivity contribution in [2.75, 3.05) is 13.2 Å². The van der Waals surface area contributed by atoms with Crippen molar-refractivity contribution in [2.45, 2.75) is 39.5 Å². The van der Waals surface area contributed by atoms with E-state index in [2.05, 4.69) is 13.8 Å². The number of hydrogen-bond acceptors (Lipinski definition) is 2. The highest BCUT2D eigenvalue weighted by atomic mass is 17.2. The van der Waals surface area contributed by atoms with Gasteiger partial charge >= 0.3 is 0 Å². The fourth-order valence-corrected chi connectivity index (χ4v) is 0.909. The Labute approximate surface area is 99.5 Å². The minimum atomic E-state index is 0.736. The predicted octanol–water partition coefficient (Wildman–Crippen LogP) is 4.22. The summed E-state index contributed by atoms with van der Waals surface area (Å²) in [5.74, 6) is 0. The van der Waals surface area contributed by atoms with Gasteiger partial charge in [0.1, 0.15) is 0 Å². The average Bonchev–Trinajstić information content (AvgIpc) is 2.37. The van der Waals surface area contributed by atoms with Gasteiger partial charge in [0.25, 0.3) is 0 Å². The second kappa shape index (κ2) is 14.1. The van der Waals surface area contributed by atoms with Crippen LogP contribution < -0.4 is 0 Å². The van der Waals surface area contributed by atoms with Crippen LogP contribution in [-0.2, 0) is 9.78 Å². The molecule has 92 valence electrons. The van der Waals surface area contributed by atoms with E-state index in [9.17, 15) is 0 Å². The summed E-state index contributed by atoms with van der Waals surface area (Å²) in [7, 11) is 0. The minimum absolute atomic E-state index is 0.736. The van der Waals surface area contributed by atoms with Crippen molar-refractivity contribution in [3.05, 3.63) is 36.4 Å². The van der Waals surface area contributed by atoms with Crippen molar-refractivity contribution in [2.24, 2.45) is 0 Å². The Morgan fingerprint density at radius 2 is 0.938 bits per heavy atom. The van der Waals surface area contributed by atoms with E-state index in [1.165, 1.54) is 0 Å². The van der Waals surface area contributed by atoms with Crippen LogP contribution in [0.3, 0.4) is 0 Å². The lowest BCUT2D eigenvalue weighted by Gasteiger charge is -2.00. The highest BCUT2D eigenvalue weighted by Crippen LogP contribution is 1.91. The third kappa shape index (κ3) is 13.1. The van der Waals surface area contributed by atoms with Crippen molar-refractivity contribution in [3.63, 3.8) is 0 Å². The van der Waals surface area contributed by atoms with Crippen molar-refractivity contribution in [1.29, 1.82) is 0 Å². The molecule has 0 saturated heterocycles. The van der Waals surface area contributed by atoms with E-state index < -0.39 is 0 Å². The maximum absolute atomic E-state index is 4.88. The van der Waals surface area contributed by atoms with Crippen molar-refractivity contribution in [1.82, 2.24) is 0 Å². The smallest absolute Gasteiger partial charge is 0.0822 e. The average molecular weight is 224 g/mol. The molecule has 0 aromatic heterocycles. The number of unbranched alkanes of at least 4 members (excludes halogenated alkanes) is 2. The zero-order valence-electron chi connectivity index (χ0n) is 10.5. The Kier molecular flexibility index (Phi) is 13.4. The first kappa shape index (κ1) is 15.1. The topological polar surface area (TPSA) is 18.5 Å². The molecule has 0 N–H and O–H groups in total. The molecule has 1 aromatic rings. The summed E-state index contributed by atoms with van der Waals surface area (Å²) in [5, 5.41) is 0. The maximum Gasteiger partial charge on any atom is 0.0822 e. The summed E-state index contributed by atoms with van der Waals surface area (Å²) in [6.07, 6.45) is 4.51. The molecule has 0 fully saturated rings. The first-order valence-electron chi connectivity index (χ1n) is 6.16. The van der Waals surface area contributed by atoms with Gasteiger partial charge in [0, 0.05) is 0 Å². The molecule has 0 aliphatic heterocycles. The summed E-state index contributed by atoms with van der Waals surface area (Å²) in [6.45, 7) is 5.74. The number of hydrogen-bond donors (Lipinski definition) is 0. The molecular weight excluding hydrogens is 200 g/mol. The first-order chi connectivity index (χ1) is 7.91. The normalized spacial score (nSPS) is 9.38. The van der Waals surface area contributed by atoms with E-state index in [1.54, 1.807) is 0 Å². The molecular formula is C14H24O2. The van der Waals surface area contributed by atoms with Crippen LogP contribution in [0.25, 0.3) is 0 Å². The second-order valence-electron chi connectivity index (χ2n) is 3.51. The molecule has 0 radical (unpaired) electrons. The van der Waals surface area contributed by atoms with Gasteiger partial charge in [-0.1, -0.05) is 63.1 Å². The van der Waals surface area contributed by atoms with Crippen LogP contribution >= 0.6 is 0 Å². The van der Waals surface area contributed by atoms with Gasteiger partial charge in [-0.3, -0.25) is 0 Å². The van der Waals surface area contributed by atoms with Gasteiger partial charge in [-0.05, 0) is 12.8 Å². The molecule has 1 aromatic carbocycles. The van der Waals surface area contributed by atoms with Gasteiger partial charge in [-0.15, -0.1) is 0 Å². The quantitative estimate of drug-likeness (QED) is 0.392. The fraction of sp³-hybridized carbons (Fsp3) is 0.571. The van der Waals surface area contributed by atoms with Crippen LogP contribution in [0.1, 0.15) is 39.5 Å². The van der Waals surface area contributed by atoms with Crippen molar-refractivity contribution in [3.8, 4) is 0 Å². The Balaban J connectivity index is 0.000000315. The standard InChI is InChI=1S/C8H18O2.C6H6/c1-3-5-7-9-10-8-6-4-2;1-2-4-6-5-3-1/h3-8H2,1-2H3;1-6H. The summed E-state index contributed by atoms with van der Waals surface area (Å²) in [6, 6.07) is 12.0. The van der Waals surface area contributed by atoms with Gasteiger partial charge < -0.3 is 0 Å². The van der Waals surface area contributed by atoms with Crippen molar-refractivity contribution < 1.29 is 9.78 Å². The fourth-order valence-electron chi connectivity index (χ4n) is 0.909. The third-order valence-electron chi connectivity index (χ3n) is 1.91. The minimum Gasteiger partial charge on any atom is -0.237 e. The van der Waals surface area contributed by atoms with Crippen LogP contribution in [0.15, 0.2) is 36.4 Å². The van der Waals surface area contributed by atoms with E-state index in [-0.39, 0.29) is 0 Å². The molecule has 0 unspecified atom stereocenters. The first-order valence-corrected chi connectivity index (χ1v) is 6.16. The second-order valence-corrected chi connectivity index (χ2v) is 3.51. The van der Waals surface area contributed by atoms with Gasteiger partial charge in [-0.25, -0.2) is 9.78 Å². The van der Waals surface area contributed by atoms with Crippen LogP contribution in [0, 0.1) is 0 Å². The highest BCUT2D eigenvalue weighted by molar-refractivity contribution is 4.99. The lowest BCUT2D eigenvalue weighted by Crippen LogP contribution is -1.97. The van der Waals surface area contributed by atoms with Crippen LogP contribution in [0.4, 0.5) is 0 Å². The Morgan fingerprint density at radius 3 is 1.19 bits per heavy atom. The molecule has 0 saturated carbocycles. The molecule has 0 atom stereocenters. The predicted molar refractivity (Wildman–Crippen MR) is 68.2 cm³/mol. The lowest BCUT2D eigenvalue weighted by atomic mass is 10.4. The molecule has 0 spiro atoms. The Morgan fingerprint density at radius 1 is 0.625 bits per heavy atom. The summed E-state index contributed by atoms with van der Waals surface area (Å²) in [4.78, 5) is 9.75. The molecule has 16 heavy (non-hydrogen) atoms. The molecule has 2 heteroatoms. The van der Waals surface area contributed by atoms with Gasteiger partial charge in [0.05, 0.1) is 13.2 Å². The molecule has 0 aliphatic rings. The molecule has 0 heterocycles. The van der Waals surface area contributed by atoms with Crippen LogP contribution in [0.2, 0.25) is 0 Å². The zero-order valence-corrected chi connectivity index (χ0v) is 10.5. The van der Waals surface area contributed by atoms with E-state index >= 15 is 0 Å². The van der Waals surface area contributed by atoms with E-state index in [4.69, 9.17) is 9.78 Å². The molecule has 0 aliphatic carbocycles. The van der Waals surface area contributed by atoms with Crippen LogP contribution in [0.5, 0.6) is 0 Å². The monoisotopic (exact) mass is 224 g/mol. The third-order valence-corrected chi connectivity index (χ3v) is 1.91. The molecule has 1 rings (SSSR count). The zero-order chi connectivity index (χ0) is 11.9. The molecule has 0 bridgehead atoms. The number of rotatable bonds is 7. The largest absolute Gasteiger partial charge is 0.237 e. The maximum atomic E-state index is 4.88. The van der Waals surface area contributed by atoms with Gasteiger partial charge in [-0.2, -0.15) is 0 Å². The summed E-state index contributed by atoms with van der Waals surface area (Å²) >= 11 is 0. The van der Waals surface area contributed by atoms with E-state index in [0.717, 1.165) is 38.9 Å². The summed E-state index contributed by atoms with van der Waals surface area (Å²) in [5.41, 5.74) is 0. The van der Waals surface area contributed by atoms with Gasteiger partial charge in [0.2, 0.25) is 0 Å². The Bertz CT molecular complexity index is 164. The van der Waals surface area contributed by atoms with E-state index in [1.807, 2.05) is 36.4 Å². The van der Waals surface area contributed by atoms with Gasteiger partial charge in [0.15, 0.2) is 0 Å². The summed E-state index contributed by atoms with van der Waals surface area (Å²) < 4.78 is 0. The van der Waals surface area contributed by atoms with Crippen molar-refractivity contribution >= 4 is 0 Å². The SMILES string of the molecule is CCCCOOCCCC.c1ccccc1. The number of benzene rings is 1. The highest BCUT2D eigenvalue weighted by Gasteiger charge is 1.86. The molecule has 2 nitrogen and oxygen atoms in total. The Hall–Kier alpha value is -0.860. The van der Waals surface area contributed by atoms with E-state index in [0.29, 0.717) is 0 Å². The molecule has 0 amide bonds.